The third-order valence-corrected chi connectivity index (χ3v) is 3.38. The molecule has 0 saturated carbocycles. The van der Waals surface area contributed by atoms with Gasteiger partial charge in [-0.3, -0.25) is 4.68 Å². The van der Waals surface area contributed by atoms with Crippen molar-refractivity contribution in [2.45, 2.75) is 31.7 Å². The molecule has 3 heterocycles. The van der Waals surface area contributed by atoms with Gasteiger partial charge in [-0.2, -0.15) is 10.1 Å². The molecule has 1 aliphatic rings. The van der Waals surface area contributed by atoms with Crippen molar-refractivity contribution in [3.05, 3.63) is 18.3 Å². The van der Waals surface area contributed by atoms with E-state index < -0.39 is 0 Å². The summed E-state index contributed by atoms with van der Waals surface area (Å²) in [5, 5.41) is 11.6. The second kappa shape index (κ2) is 4.53. The lowest BCUT2D eigenvalue weighted by molar-refractivity contribution is 0.295. The summed E-state index contributed by atoms with van der Waals surface area (Å²) >= 11 is 0. The monoisotopic (exact) mass is 247 g/mol. The first-order valence-electron chi connectivity index (χ1n) is 6.28. The molecule has 96 valence electrons. The topological polar surface area (TPSA) is 68.8 Å². The molecule has 0 aliphatic carbocycles. The summed E-state index contributed by atoms with van der Waals surface area (Å²) in [5.74, 6) is 1.76. The van der Waals surface area contributed by atoms with E-state index in [-0.39, 0.29) is 0 Å². The largest absolute Gasteiger partial charge is 0.339 e. The molecule has 1 N–H and O–H groups in total. The van der Waals surface area contributed by atoms with Gasteiger partial charge in [-0.15, -0.1) is 0 Å². The van der Waals surface area contributed by atoms with Gasteiger partial charge in [-0.05, 0) is 26.3 Å². The Balaban J connectivity index is 1.80. The summed E-state index contributed by atoms with van der Waals surface area (Å²) in [7, 11) is 1.87. The molecular weight excluding hydrogens is 230 g/mol. The van der Waals surface area contributed by atoms with Crippen molar-refractivity contribution in [1.82, 2.24) is 25.2 Å². The lowest BCUT2D eigenvalue weighted by Gasteiger charge is -2.25. The van der Waals surface area contributed by atoms with Gasteiger partial charge in [0.05, 0.1) is 11.8 Å². The van der Waals surface area contributed by atoms with Crippen LogP contribution in [0.4, 0.5) is 0 Å². The number of nitrogens with one attached hydrogen (secondary N) is 1. The highest BCUT2D eigenvalue weighted by Gasteiger charge is 2.25. The Morgan fingerprint density at radius 1 is 1.50 bits per heavy atom. The van der Waals surface area contributed by atoms with Gasteiger partial charge >= 0.3 is 0 Å². The van der Waals surface area contributed by atoms with Crippen LogP contribution in [0.3, 0.4) is 0 Å². The van der Waals surface area contributed by atoms with Gasteiger partial charge in [0.1, 0.15) is 0 Å². The van der Waals surface area contributed by atoms with Gasteiger partial charge in [0.25, 0.3) is 0 Å². The quantitative estimate of drug-likeness (QED) is 0.867. The van der Waals surface area contributed by atoms with E-state index >= 15 is 0 Å². The van der Waals surface area contributed by atoms with Crippen LogP contribution < -0.4 is 5.32 Å². The van der Waals surface area contributed by atoms with Crippen molar-refractivity contribution in [2.24, 2.45) is 7.05 Å². The summed E-state index contributed by atoms with van der Waals surface area (Å²) in [6.45, 7) is 3.20. The average Bonchev–Trinajstić information content (AvgIpc) is 2.97. The first-order valence-corrected chi connectivity index (χ1v) is 6.28. The van der Waals surface area contributed by atoms with Crippen molar-refractivity contribution in [3.63, 3.8) is 0 Å². The summed E-state index contributed by atoms with van der Waals surface area (Å²) in [6.07, 6.45) is 5.74. The maximum atomic E-state index is 5.39. The van der Waals surface area contributed by atoms with E-state index in [2.05, 4.69) is 27.5 Å². The zero-order chi connectivity index (χ0) is 12.5. The standard InChI is InChI=1S/C12H17N5O/c1-8-5-9(3-4-13-8)12-15-11(16-18-12)10-6-14-17(2)7-10/h6-9,13H,3-5H2,1-2H3. The molecule has 0 spiro atoms. The third-order valence-electron chi connectivity index (χ3n) is 3.38. The van der Waals surface area contributed by atoms with Gasteiger partial charge in [0.2, 0.25) is 11.7 Å². The number of rotatable bonds is 2. The highest BCUT2D eigenvalue weighted by molar-refractivity contribution is 5.51. The molecule has 2 atom stereocenters. The molecule has 0 amide bonds. The predicted molar refractivity (Wildman–Crippen MR) is 65.9 cm³/mol. The molecule has 0 aromatic carbocycles. The van der Waals surface area contributed by atoms with Gasteiger partial charge in [0.15, 0.2) is 0 Å². The minimum atomic E-state index is 0.374. The smallest absolute Gasteiger partial charge is 0.230 e. The maximum absolute atomic E-state index is 5.39. The van der Waals surface area contributed by atoms with Crippen LogP contribution in [0.2, 0.25) is 0 Å². The molecule has 0 radical (unpaired) electrons. The first kappa shape index (κ1) is 11.4. The van der Waals surface area contributed by atoms with E-state index in [1.165, 1.54) is 0 Å². The SMILES string of the molecule is CC1CC(c2nc(-c3cnn(C)c3)no2)CCN1. The second-order valence-electron chi connectivity index (χ2n) is 4.94. The Hall–Kier alpha value is -1.69. The molecule has 1 saturated heterocycles. The highest BCUT2D eigenvalue weighted by atomic mass is 16.5. The van der Waals surface area contributed by atoms with Crippen LogP contribution in [0, 0.1) is 0 Å². The van der Waals surface area contributed by atoms with Crippen molar-refractivity contribution in [2.75, 3.05) is 6.54 Å². The van der Waals surface area contributed by atoms with Crippen LogP contribution in [0.1, 0.15) is 31.6 Å². The van der Waals surface area contributed by atoms with Crippen molar-refractivity contribution in [3.8, 4) is 11.4 Å². The Morgan fingerprint density at radius 3 is 3.11 bits per heavy atom. The molecule has 1 aliphatic heterocycles. The van der Waals surface area contributed by atoms with E-state index in [1.807, 2.05) is 13.2 Å². The third kappa shape index (κ3) is 2.15. The summed E-state index contributed by atoms with van der Waals surface area (Å²) in [4.78, 5) is 4.49. The number of hydrogen-bond donors (Lipinski definition) is 1. The van der Waals surface area contributed by atoms with Gasteiger partial charge in [-0.25, -0.2) is 0 Å². The number of aromatic nitrogens is 4. The van der Waals surface area contributed by atoms with Crippen LogP contribution in [0.15, 0.2) is 16.9 Å². The van der Waals surface area contributed by atoms with E-state index in [0.29, 0.717) is 17.8 Å². The molecule has 1 fully saturated rings. The molecule has 3 rings (SSSR count). The Labute approximate surface area is 105 Å². The molecule has 2 aromatic rings. The van der Waals surface area contributed by atoms with E-state index in [0.717, 1.165) is 30.8 Å². The van der Waals surface area contributed by atoms with E-state index in [1.54, 1.807) is 10.9 Å². The molecule has 2 unspecified atom stereocenters. The fraction of sp³-hybridized carbons (Fsp3) is 0.583. The van der Waals surface area contributed by atoms with Gasteiger partial charge in [0, 0.05) is 25.2 Å². The molecule has 2 aromatic heterocycles. The van der Waals surface area contributed by atoms with Crippen LogP contribution in [-0.2, 0) is 7.05 Å². The van der Waals surface area contributed by atoms with Gasteiger partial charge < -0.3 is 9.84 Å². The Bertz CT molecular complexity index is 532. The van der Waals surface area contributed by atoms with Crippen LogP contribution in [-0.4, -0.2) is 32.5 Å². The van der Waals surface area contributed by atoms with Crippen LogP contribution in [0.25, 0.3) is 11.4 Å². The first-order chi connectivity index (χ1) is 8.72. The second-order valence-corrected chi connectivity index (χ2v) is 4.94. The minimum Gasteiger partial charge on any atom is -0.339 e. The molecular formula is C12H17N5O. The van der Waals surface area contributed by atoms with E-state index in [4.69, 9.17) is 4.52 Å². The Morgan fingerprint density at radius 2 is 2.39 bits per heavy atom. The van der Waals surface area contributed by atoms with Crippen LogP contribution in [0.5, 0.6) is 0 Å². The summed E-state index contributed by atoms with van der Waals surface area (Å²) in [5.41, 5.74) is 0.898. The number of nitrogens with zero attached hydrogens (tertiary/aromatic N) is 4. The maximum Gasteiger partial charge on any atom is 0.230 e. The minimum absolute atomic E-state index is 0.374. The van der Waals surface area contributed by atoms with E-state index in [9.17, 15) is 0 Å². The predicted octanol–water partition coefficient (Wildman–Crippen LogP) is 1.33. The van der Waals surface area contributed by atoms with Crippen molar-refractivity contribution in [1.29, 1.82) is 0 Å². The highest BCUT2D eigenvalue weighted by Crippen LogP contribution is 2.27. The van der Waals surface area contributed by atoms with Crippen LogP contribution >= 0.6 is 0 Å². The lowest BCUT2D eigenvalue weighted by Crippen LogP contribution is -2.34. The molecule has 0 bridgehead atoms. The number of hydrogen-bond acceptors (Lipinski definition) is 5. The van der Waals surface area contributed by atoms with Crippen molar-refractivity contribution < 1.29 is 4.52 Å². The molecule has 18 heavy (non-hydrogen) atoms. The number of piperidine rings is 1. The summed E-state index contributed by atoms with van der Waals surface area (Å²) in [6, 6.07) is 0.512. The average molecular weight is 247 g/mol. The number of aryl methyl sites for hydroxylation is 1. The fourth-order valence-corrected chi connectivity index (χ4v) is 2.41. The normalized spacial score (nSPS) is 24.3. The van der Waals surface area contributed by atoms with Gasteiger partial charge in [-0.1, -0.05) is 5.16 Å². The zero-order valence-electron chi connectivity index (χ0n) is 10.6. The Kier molecular flexibility index (Phi) is 2.87. The molecule has 6 heteroatoms. The fourth-order valence-electron chi connectivity index (χ4n) is 2.41. The summed E-state index contributed by atoms with van der Waals surface area (Å²) < 4.78 is 7.12. The van der Waals surface area contributed by atoms with Crippen molar-refractivity contribution >= 4 is 0 Å². The molecule has 6 nitrogen and oxygen atoms in total. The zero-order valence-corrected chi connectivity index (χ0v) is 10.6. The lowest BCUT2D eigenvalue weighted by atomic mass is 9.93.